The number of benzene rings is 1. The van der Waals surface area contributed by atoms with Gasteiger partial charge in [0.25, 0.3) is 0 Å². The van der Waals surface area contributed by atoms with Gasteiger partial charge in [-0.15, -0.1) is 0 Å². The van der Waals surface area contributed by atoms with Crippen LogP contribution in [0.5, 0.6) is 5.75 Å². The molecule has 1 atom stereocenters. The minimum Gasteiger partial charge on any atom is -0.496 e. The first-order chi connectivity index (χ1) is 11.2. The van der Waals surface area contributed by atoms with Crippen molar-refractivity contribution in [3.63, 3.8) is 0 Å². The summed E-state index contributed by atoms with van der Waals surface area (Å²) in [5.41, 5.74) is 1.09. The van der Waals surface area contributed by atoms with Gasteiger partial charge in [-0.3, -0.25) is 4.90 Å². The Bertz CT molecular complexity index is 502. The van der Waals surface area contributed by atoms with Gasteiger partial charge in [0.05, 0.1) is 20.3 Å². The first kappa shape index (κ1) is 17.6. The number of ether oxygens (including phenoxy) is 2. The predicted octanol–water partition coefficient (Wildman–Crippen LogP) is 1.73. The molecule has 128 valence electrons. The molecule has 0 aromatic heterocycles. The smallest absolute Gasteiger partial charge is 0.406 e. The number of amides is 1. The Hall–Kier alpha value is -1.79. The highest BCUT2D eigenvalue weighted by atomic mass is 16.5. The normalized spacial score (nSPS) is 17.5. The number of alkyl carbamates (subject to hydrolysis) is 1. The maximum atomic E-state index is 11.5. The molecule has 23 heavy (non-hydrogen) atoms. The monoisotopic (exact) mass is 321 g/mol. The summed E-state index contributed by atoms with van der Waals surface area (Å²) in [6, 6.07) is 8.06. The minimum absolute atomic E-state index is 0.0734. The van der Waals surface area contributed by atoms with Crippen LogP contribution in [-0.2, 0) is 4.74 Å². The van der Waals surface area contributed by atoms with E-state index in [0.29, 0.717) is 6.54 Å². The Morgan fingerprint density at radius 3 is 2.52 bits per heavy atom. The van der Waals surface area contributed by atoms with Gasteiger partial charge >= 0.3 is 6.09 Å². The molecule has 1 aliphatic heterocycles. The van der Waals surface area contributed by atoms with Gasteiger partial charge in [-0.05, 0) is 12.6 Å². The summed E-state index contributed by atoms with van der Waals surface area (Å²) in [5.74, 6) is 0.849. The lowest BCUT2D eigenvalue weighted by Crippen LogP contribution is -2.49. The van der Waals surface area contributed by atoms with Crippen LogP contribution in [0.25, 0.3) is 0 Å². The van der Waals surface area contributed by atoms with Crippen LogP contribution in [0.1, 0.15) is 18.5 Å². The average Bonchev–Trinajstić information content (AvgIpc) is 2.62. The molecular weight excluding hydrogens is 294 g/mol. The summed E-state index contributed by atoms with van der Waals surface area (Å²) in [6.07, 6.45) is -0.405. The van der Waals surface area contributed by atoms with Crippen molar-refractivity contribution in [3.05, 3.63) is 29.8 Å². The number of carbonyl (C=O) groups is 1. The fourth-order valence-electron chi connectivity index (χ4n) is 3.02. The molecule has 1 N–H and O–H groups in total. The van der Waals surface area contributed by atoms with Crippen LogP contribution in [0.3, 0.4) is 0 Å². The van der Waals surface area contributed by atoms with Crippen molar-refractivity contribution in [2.24, 2.45) is 0 Å². The molecule has 0 spiro atoms. The molecule has 6 heteroatoms. The van der Waals surface area contributed by atoms with Gasteiger partial charge in [-0.2, -0.15) is 0 Å². The van der Waals surface area contributed by atoms with Gasteiger partial charge in [0.1, 0.15) is 5.75 Å². The summed E-state index contributed by atoms with van der Waals surface area (Å²) in [4.78, 5) is 16.3. The van der Waals surface area contributed by atoms with Crippen molar-refractivity contribution in [3.8, 4) is 5.75 Å². The molecule has 1 unspecified atom stereocenters. The van der Waals surface area contributed by atoms with E-state index in [1.165, 1.54) is 7.11 Å². The third kappa shape index (κ3) is 4.59. The number of methoxy groups -OCH3 is 2. The number of piperazine rings is 1. The maximum absolute atomic E-state index is 11.5. The van der Waals surface area contributed by atoms with E-state index in [-0.39, 0.29) is 6.04 Å². The number of nitrogens with one attached hydrogen (secondary N) is 1. The van der Waals surface area contributed by atoms with Crippen molar-refractivity contribution >= 4 is 6.09 Å². The molecule has 0 bridgehead atoms. The lowest BCUT2D eigenvalue weighted by molar-refractivity contribution is 0.0952. The van der Waals surface area contributed by atoms with Crippen LogP contribution in [0.2, 0.25) is 0 Å². The highest BCUT2D eigenvalue weighted by Gasteiger charge is 2.27. The number of hydrogen-bond acceptors (Lipinski definition) is 5. The predicted molar refractivity (Wildman–Crippen MR) is 89.8 cm³/mol. The van der Waals surface area contributed by atoms with Crippen LogP contribution in [0.15, 0.2) is 24.3 Å². The van der Waals surface area contributed by atoms with Gasteiger partial charge in [0.15, 0.2) is 0 Å². The van der Waals surface area contributed by atoms with E-state index < -0.39 is 6.09 Å². The quantitative estimate of drug-likeness (QED) is 0.865. The lowest BCUT2D eigenvalue weighted by Gasteiger charge is -2.39. The van der Waals surface area contributed by atoms with Gasteiger partial charge in [0, 0.05) is 38.3 Å². The van der Waals surface area contributed by atoms with E-state index in [2.05, 4.69) is 28.1 Å². The molecule has 1 aliphatic rings. The fraction of sp³-hybridized carbons (Fsp3) is 0.588. The Morgan fingerprint density at radius 2 is 1.91 bits per heavy atom. The van der Waals surface area contributed by atoms with E-state index in [1.807, 2.05) is 18.2 Å². The number of likely N-dealkylation sites (N-methyl/N-ethyl adjacent to an activating group) is 1. The minimum atomic E-state index is -0.405. The third-order valence-corrected chi connectivity index (χ3v) is 4.42. The summed E-state index contributed by atoms with van der Waals surface area (Å²) in [6.45, 7) is 7.79. The highest BCUT2D eigenvalue weighted by Crippen LogP contribution is 2.29. The molecule has 1 aromatic carbocycles. The number of rotatable bonds is 6. The van der Waals surface area contributed by atoms with Crippen LogP contribution >= 0.6 is 0 Å². The van der Waals surface area contributed by atoms with E-state index in [9.17, 15) is 4.79 Å². The zero-order valence-electron chi connectivity index (χ0n) is 14.2. The van der Waals surface area contributed by atoms with Gasteiger partial charge < -0.3 is 19.7 Å². The van der Waals surface area contributed by atoms with E-state index >= 15 is 0 Å². The molecule has 1 saturated heterocycles. The summed E-state index contributed by atoms with van der Waals surface area (Å²) < 4.78 is 10.2. The van der Waals surface area contributed by atoms with Crippen LogP contribution < -0.4 is 10.1 Å². The molecule has 1 heterocycles. The first-order valence-corrected chi connectivity index (χ1v) is 8.10. The Balaban J connectivity index is 2.16. The molecule has 2 rings (SSSR count). The van der Waals surface area contributed by atoms with Gasteiger partial charge in [-0.1, -0.05) is 25.1 Å². The highest BCUT2D eigenvalue weighted by molar-refractivity contribution is 5.67. The molecule has 1 fully saturated rings. The number of hydrogen-bond donors (Lipinski definition) is 1. The standard InChI is InChI=1S/C17H27N3O3/c1-4-19-9-11-20(12-10-19)15(13-18-17(21)23-3)14-7-5-6-8-16(14)22-2/h5-8,15H,4,9-13H2,1-3H3,(H,18,21). The molecule has 0 saturated carbocycles. The SMILES string of the molecule is CCN1CCN(C(CNC(=O)OC)c2ccccc2OC)CC1. The molecule has 6 nitrogen and oxygen atoms in total. The zero-order valence-corrected chi connectivity index (χ0v) is 14.2. The van der Waals surface area contributed by atoms with Gasteiger partial charge in [0.2, 0.25) is 0 Å². The summed E-state index contributed by atoms with van der Waals surface area (Å²) in [5, 5.41) is 2.83. The second kappa shape index (κ2) is 8.74. The van der Waals surface area contributed by atoms with Crippen molar-refractivity contribution in [2.75, 3.05) is 53.5 Å². The molecule has 0 radical (unpaired) electrons. The van der Waals surface area contributed by atoms with Crippen LogP contribution in [-0.4, -0.2) is 69.4 Å². The van der Waals surface area contributed by atoms with Crippen molar-refractivity contribution in [1.82, 2.24) is 15.1 Å². The second-order valence-corrected chi connectivity index (χ2v) is 5.60. The van der Waals surface area contributed by atoms with Crippen molar-refractivity contribution in [2.45, 2.75) is 13.0 Å². The van der Waals surface area contributed by atoms with E-state index in [4.69, 9.17) is 9.47 Å². The molecule has 0 aliphatic carbocycles. The van der Waals surface area contributed by atoms with Crippen molar-refractivity contribution in [1.29, 1.82) is 0 Å². The fourth-order valence-corrected chi connectivity index (χ4v) is 3.02. The Morgan fingerprint density at radius 1 is 1.22 bits per heavy atom. The first-order valence-electron chi connectivity index (χ1n) is 8.10. The van der Waals surface area contributed by atoms with Crippen LogP contribution in [0.4, 0.5) is 4.79 Å². The second-order valence-electron chi connectivity index (χ2n) is 5.60. The summed E-state index contributed by atoms with van der Waals surface area (Å²) >= 11 is 0. The number of para-hydroxylation sites is 1. The Kier molecular flexibility index (Phi) is 6.67. The van der Waals surface area contributed by atoms with E-state index in [0.717, 1.165) is 44.0 Å². The number of carbonyl (C=O) groups excluding carboxylic acids is 1. The maximum Gasteiger partial charge on any atom is 0.406 e. The molecule has 1 aromatic rings. The topological polar surface area (TPSA) is 54.0 Å². The Labute approximate surface area is 138 Å². The van der Waals surface area contributed by atoms with Gasteiger partial charge in [-0.25, -0.2) is 4.79 Å². The third-order valence-electron chi connectivity index (χ3n) is 4.42. The molecular formula is C17H27N3O3. The molecule has 1 amide bonds. The van der Waals surface area contributed by atoms with Crippen molar-refractivity contribution < 1.29 is 14.3 Å². The average molecular weight is 321 g/mol. The zero-order chi connectivity index (χ0) is 16.7. The number of nitrogens with zero attached hydrogens (tertiary/aromatic N) is 2. The summed E-state index contributed by atoms with van der Waals surface area (Å²) in [7, 11) is 3.06. The van der Waals surface area contributed by atoms with E-state index in [1.54, 1.807) is 7.11 Å². The largest absolute Gasteiger partial charge is 0.496 e. The lowest BCUT2D eigenvalue weighted by atomic mass is 10.0. The van der Waals surface area contributed by atoms with Crippen LogP contribution in [0, 0.1) is 0 Å².